The van der Waals surface area contributed by atoms with Gasteiger partial charge in [0.1, 0.15) is 11.9 Å². The highest BCUT2D eigenvalue weighted by molar-refractivity contribution is 5.91. The van der Waals surface area contributed by atoms with E-state index in [9.17, 15) is 13.6 Å². The summed E-state index contributed by atoms with van der Waals surface area (Å²) >= 11 is 0. The van der Waals surface area contributed by atoms with E-state index in [0.717, 1.165) is 11.6 Å². The number of carbonyl (C=O) groups excluding carboxylic acids is 1. The maximum Gasteiger partial charge on any atom is 0.244 e. The Balaban J connectivity index is 1.53. The van der Waals surface area contributed by atoms with E-state index in [1.54, 1.807) is 6.08 Å². The van der Waals surface area contributed by atoms with Gasteiger partial charge < -0.3 is 10.1 Å². The van der Waals surface area contributed by atoms with E-state index in [0.29, 0.717) is 12.0 Å². The largest absolute Gasteiger partial charge is 0.485 e. The molecule has 0 fully saturated rings. The SMILES string of the molecule is O=C(/C=C/c1ccccc1)NC[C@H]1Cc2cc(F)cc(F)c2O1. The van der Waals surface area contributed by atoms with Crippen molar-refractivity contribution in [2.24, 2.45) is 0 Å². The molecule has 1 N–H and O–H groups in total. The summed E-state index contributed by atoms with van der Waals surface area (Å²) in [7, 11) is 0. The van der Waals surface area contributed by atoms with Crippen LogP contribution in [0.25, 0.3) is 6.08 Å². The fraction of sp³-hybridized carbons (Fsp3) is 0.167. The zero-order valence-electron chi connectivity index (χ0n) is 12.3. The van der Waals surface area contributed by atoms with Crippen molar-refractivity contribution >= 4 is 12.0 Å². The summed E-state index contributed by atoms with van der Waals surface area (Å²) < 4.78 is 32.1. The third kappa shape index (κ3) is 3.74. The van der Waals surface area contributed by atoms with Crippen molar-refractivity contribution in [2.45, 2.75) is 12.5 Å². The Labute approximate surface area is 132 Å². The minimum Gasteiger partial charge on any atom is -0.485 e. The normalized spacial score (nSPS) is 16.2. The molecule has 118 valence electrons. The summed E-state index contributed by atoms with van der Waals surface area (Å²) in [5.41, 5.74) is 1.41. The third-order valence-electron chi connectivity index (χ3n) is 3.55. The average molecular weight is 315 g/mol. The van der Waals surface area contributed by atoms with Crippen LogP contribution in [0.1, 0.15) is 11.1 Å². The van der Waals surface area contributed by atoms with E-state index in [4.69, 9.17) is 4.74 Å². The van der Waals surface area contributed by atoms with Gasteiger partial charge in [-0.3, -0.25) is 4.79 Å². The molecule has 0 unspecified atom stereocenters. The summed E-state index contributed by atoms with van der Waals surface area (Å²) in [5.74, 6) is -1.52. The molecule has 2 aromatic carbocycles. The molecule has 0 bridgehead atoms. The van der Waals surface area contributed by atoms with E-state index < -0.39 is 17.7 Å². The molecule has 0 saturated carbocycles. The van der Waals surface area contributed by atoms with E-state index in [2.05, 4.69) is 5.32 Å². The van der Waals surface area contributed by atoms with Gasteiger partial charge in [0.25, 0.3) is 0 Å². The molecule has 5 heteroatoms. The van der Waals surface area contributed by atoms with Crippen LogP contribution in [0, 0.1) is 11.6 Å². The number of ether oxygens (including phenoxy) is 1. The van der Waals surface area contributed by atoms with Crippen LogP contribution in [0.15, 0.2) is 48.5 Å². The van der Waals surface area contributed by atoms with Crippen molar-refractivity contribution in [3.05, 3.63) is 71.3 Å². The first-order valence-electron chi connectivity index (χ1n) is 7.27. The standard InChI is InChI=1S/C18H15F2NO2/c19-14-8-13-9-15(23-18(13)16(20)10-14)11-21-17(22)7-6-12-4-2-1-3-5-12/h1-8,10,15H,9,11H2,(H,21,22)/b7-6+/t15-/m1/s1. The van der Waals surface area contributed by atoms with Crippen molar-refractivity contribution in [2.75, 3.05) is 6.54 Å². The molecular weight excluding hydrogens is 300 g/mol. The minimum absolute atomic E-state index is 0.0745. The minimum atomic E-state index is -0.710. The molecule has 0 spiro atoms. The van der Waals surface area contributed by atoms with Crippen molar-refractivity contribution in [3.63, 3.8) is 0 Å². The van der Waals surface area contributed by atoms with Crippen molar-refractivity contribution in [3.8, 4) is 5.75 Å². The quantitative estimate of drug-likeness (QED) is 0.881. The van der Waals surface area contributed by atoms with E-state index >= 15 is 0 Å². The first kappa shape index (κ1) is 15.2. The van der Waals surface area contributed by atoms with Gasteiger partial charge >= 0.3 is 0 Å². The predicted octanol–water partition coefficient (Wildman–Crippen LogP) is 3.10. The highest BCUT2D eigenvalue weighted by Gasteiger charge is 2.26. The molecular formula is C18H15F2NO2. The lowest BCUT2D eigenvalue weighted by atomic mass is 10.1. The molecule has 0 aliphatic carbocycles. The molecule has 23 heavy (non-hydrogen) atoms. The number of rotatable bonds is 4. The number of halogens is 2. The second kappa shape index (κ2) is 6.60. The summed E-state index contributed by atoms with van der Waals surface area (Å²) in [6.07, 6.45) is 3.11. The fourth-order valence-electron chi connectivity index (χ4n) is 2.47. The highest BCUT2D eigenvalue weighted by Crippen LogP contribution is 2.32. The van der Waals surface area contributed by atoms with Gasteiger partial charge in [-0.05, 0) is 17.7 Å². The number of hydrogen-bond donors (Lipinski definition) is 1. The number of hydrogen-bond acceptors (Lipinski definition) is 2. The summed E-state index contributed by atoms with van der Waals surface area (Å²) in [5, 5.41) is 2.70. The molecule has 1 aliphatic rings. The Morgan fingerprint density at radius 3 is 2.83 bits per heavy atom. The smallest absolute Gasteiger partial charge is 0.244 e. The number of amides is 1. The number of nitrogens with one attached hydrogen (secondary N) is 1. The van der Waals surface area contributed by atoms with Gasteiger partial charge in [-0.1, -0.05) is 30.3 Å². The second-order valence-corrected chi connectivity index (χ2v) is 5.31. The Hall–Kier alpha value is -2.69. The first-order valence-corrected chi connectivity index (χ1v) is 7.27. The van der Waals surface area contributed by atoms with Crippen molar-refractivity contribution in [1.29, 1.82) is 0 Å². The monoisotopic (exact) mass is 315 g/mol. The molecule has 2 aromatic rings. The lowest BCUT2D eigenvalue weighted by Crippen LogP contribution is -2.33. The van der Waals surface area contributed by atoms with Gasteiger partial charge in [0.2, 0.25) is 5.91 Å². The number of carbonyl (C=O) groups is 1. The van der Waals surface area contributed by atoms with Gasteiger partial charge in [-0.25, -0.2) is 8.78 Å². The van der Waals surface area contributed by atoms with Crippen LogP contribution in [0.4, 0.5) is 8.78 Å². The molecule has 1 amide bonds. The fourth-order valence-corrected chi connectivity index (χ4v) is 2.47. The van der Waals surface area contributed by atoms with Crippen LogP contribution in [0.3, 0.4) is 0 Å². The van der Waals surface area contributed by atoms with Crippen molar-refractivity contribution in [1.82, 2.24) is 5.32 Å². The lowest BCUT2D eigenvalue weighted by Gasteiger charge is -2.10. The molecule has 1 heterocycles. The van der Waals surface area contributed by atoms with E-state index in [1.165, 1.54) is 12.1 Å². The maximum absolute atomic E-state index is 13.6. The lowest BCUT2D eigenvalue weighted by molar-refractivity contribution is -0.116. The molecule has 0 radical (unpaired) electrons. The topological polar surface area (TPSA) is 38.3 Å². The zero-order valence-corrected chi connectivity index (χ0v) is 12.3. The van der Waals surface area contributed by atoms with Crippen LogP contribution < -0.4 is 10.1 Å². The van der Waals surface area contributed by atoms with E-state index in [-0.39, 0.29) is 18.2 Å². The Bertz CT molecular complexity index is 744. The van der Waals surface area contributed by atoms with Crippen LogP contribution >= 0.6 is 0 Å². The summed E-state index contributed by atoms with van der Waals surface area (Å²) in [6, 6.07) is 11.5. The maximum atomic E-state index is 13.6. The Morgan fingerprint density at radius 2 is 2.04 bits per heavy atom. The molecule has 3 rings (SSSR count). The van der Waals surface area contributed by atoms with Crippen LogP contribution in [-0.4, -0.2) is 18.6 Å². The Kier molecular flexibility index (Phi) is 4.37. The molecule has 0 aromatic heterocycles. The predicted molar refractivity (Wildman–Crippen MR) is 83.0 cm³/mol. The van der Waals surface area contributed by atoms with Gasteiger partial charge in [0, 0.05) is 24.1 Å². The highest BCUT2D eigenvalue weighted by atomic mass is 19.1. The summed E-state index contributed by atoms with van der Waals surface area (Å²) in [4.78, 5) is 11.8. The third-order valence-corrected chi connectivity index (χ3v) is 3.55. The molecule has 1 aliphatic heterocycles. The molecule has 0 saturated heterocycles. The van der Waals surface area contributed by atoms with Crippen LogP contribution in [0.2, 0.25) is 0 Å². The van der Waals surface area contributed by atoms with Crippen LogP contribution in [0.5, 0.6) is 5.75 Å². The second-order valence-electron chi connectivity index (χ2n) is 5.31. The number of benzene rings is 2. The van der Waals surface area contributed by atoms with Gasteiger partial charge in [-0.15, -0.1) is 0 Å². The van der Waals surface area contributed by atoms with Gasteiger partial charge in [-0.2, -0.15) is 0 Å². The zero-order chi connectivity index (χ0) is 16.2. The molecule has 1 atom stereocenters. The number of fused-ring (bicyclic) bond motifs is 1. The molecule has 3 nitrogen and oxygen atoms in total. The Morgan fingerprint density at radius 1 is 1.26 bits per heavy atom. The van der Waals surface area contributed by atoms with Crippen molar-refractivity contribution < 1.29 is 18.3 Å². The summed E-state index contributed by atoms with van der Waals surface area (Å²) in [6.45, 7) is 0.230. The van der Waals surface area contributed by atoms with E-state index in [1.807, 2.05) is 30.3 Å². The van der Waals surface area contributed by atoms with Crippen LogP contribution in [-0.2, 0) is 11.2 Å². The van der Waals surface area contributed by atoms with Gasteiger partial charge in [0.05, 0.1) is 6.54 Å². The average Bonchev–Trinajstić information content (AvgIpc) is 2.95. The first-order chi connectivity index (χ1) is 11.1. The van der Waals surface area contributed by atoms with Gasteiger partial charge in [0.15, 0.2) is 11.6 Å².